The third-order valence-corrected chi connectivity index (χ3v) is 3.81. The first kappa shape index (κ1) is 12.1. The predicted octanol–water partition coefficient (Wildman–Crippen LogP) is 1.61. The lowest BCUT2D eigenvalue weighted by atomic mass is 10.1. The lowest BCUT2D eigenvalue weighted by Gasteiger charge is -2.31. The maximum absolute atomic E-state index is 12.0. The van der Waals surface area contributed by atoms with Crippen LogP contribution in [0.1, 0.15) is 12.5 Å². The van der Waals surface area contributed by atoms with E-state index < -0.39 is 6.04 Å². The monoisotopic (exact) mass is 296 g/mol. The summed E-state index contributed by atoms with van der Waals surface area (Å²) < 4.78 is 0.857. The standard InChI is InChI=1S/C12H13BrN2O2/c1-7-4-3-5-9(11(7)13)15-6-10(16)14-8(2)12(15)17/h3-5,8H,6H2,1-2H3,(H,14,16). The Morgan fingerprint density at radius 1 is 1.41 bits per heavy atom. The first-order chi connectivity index (χ1) is 8.00. The van der Waals surface area contributed by atoms with Gasteiger partial charge in [-0.05, 0) is 41.4 Å². The van der Waals surface area contributed by atoms with Crippen molar-refractivity contribution in [3.63, 3.8) is 0 Å². The molecule has 1 unspecified atom stereocenters. The van der Waals surface area contributed by atoms with Gasteiger partial charge in [0.05, 0.1) is 5.69 Å². The van der Waals surface area contributed by atoms with Crippen LogP contribution in [-0.4, -0.2) is 24.4 Å². The van der Waals surface area contributed by atoms with Crippen LogP contribution in [0.4, 0.5) is 5.69 Å². The maximum Gasteiger partial charge on any atom is 0.249 e. The van der Waals surface area contributed by atoms with Gasteiger partial charge in [-0.2, -0.15) is 0 Å². The molecular weight excluding hydrogens is 284 g/mol. The molecular formula is C12H13BrN2O2. The number of amides is 2. The minimum atomic E-state index is -0.469. The van der Waals surface area contributed by atoms with Crippen molar-refractivity contribution in [2.75, 3.05) is 11.4 Å². The Kier molecular flexibility index (Phi) is 3.19. The highest BCUT2D eigenvalue weighted by Crippen LogP contribution is 2.30. The lowest BCUT2D eigenvalue weighted by Crippen LogP contribution is -2.57. The lowest BCUT2D eigenvalue weighted by molar-refractivity contribution is -0.130. The average Bonchev–Trinajstić information content (AvgIpc) is 2.27. The molecule has 2 rings (SSSR count). The van der Waals surface area contributed by atoms with Gasteiger partial charge in [-0.3, -0.25) is 9.59 Å². The number of hydrogen-bond acceptors (Lipinski definition) is 2. The van der Waals surface area contributed by atoms with Crippen LogP contribution < -0.4 is 10.2 Å². The summed E-state index contributed by atoms with van der Waals surface area (Å²) in [6, 6.07) is 5.19. The third kappa shape index (κ3) is 2.20. The van der Waals surface area contributed by atoms with Crippen LogP contribution in [0.15, 0.2) is 22.7 Å². The molecule has 1 aromatic rings. The van der Waals surface area contributed by atoms with Crippen molar-refractivity contribution < 1.29 is 9.59 Å². The highest BCUT2D eigenvalue weighted by atomic mass is 79.9. The van der Waals surface area contributed by atoms with Gasteiger partial charge in [0.1, 0.15) is 12.6 Å². The average molecular weight is 297 g/mol. The Bertz CT molecular complexity index is 487. The highest BCUT2D eigenvalue weighted by molar-refractivity contribution is 9.10. The second-order valence-electron chi connectivity index (χ2n) is 4.12. The number of halogens is 1. The Hall–Kier alpha value is -1.36. The van der Waals surface area contributed by atoms with Crippen LogP contribution in [0.25, 0.3) is 0 Å². The maximum atomic E-state index is 12.0. The van der Waals surface area contributed by atoms with E-state index in [1.54, 1.807) is 6.92 Å². The molecule has 4 nitrogen and oxygen atoms in total. The normalized spacial score (nSPS) is 20.4. The minimum absolute atomic E-state index is 0.0746. The van der Waals surface area contributed by atoms with E-state index in [1.807, 2.05) is 25.1 Å². The Balaban J connectivity index is 2.41. The van der Waals surface area contributed by atoms with E-state index in [4.69, 9.17) is 0 Å². The molecule has 17 heavy (non-hydrogen) atoms. The van der Waals surface area contributed by atoms with Crippen molar-refractivity contribution in [2.24, 2.45) is 0 Å². The van der Waals surface area contributed by atoms with Gasteiger partial charge in [0.25, 0.3) is 0 Å². The number of rotatable bonds is 1. The van der Waals surface area contributed by atoms with Gasteiger partial charge in [0.2, 0.25) is 11.8 Å². The topological polar surface area (TPSA) is 49.4 Å². The molecule has 1 aliphatic heterocycles. The fourth-order valence-corrected chi connectivity index (χ4v) is 2.33. The fraction of sp³-hybridized carbons (Fsp3) is 0.333. The van der Waals surface area contributed by atoms with Crippen LogP contribution in [-0.2, 0) is 9.59 Å². The quantitative estimate of drug-likeness (QED) is 0.856. The van der Waals surface area contributed by atoms with Gasteiger partial charge >= 0.3 is 0 Å². The first-order valence-corrected chi connectivity index (χ1v) is 6.16. The molecule has 0 radical (unpaired) electrons. The molecule has 1 atom stereocenters. The van der Waals surface area contributed by atoms with Crippen LogP contribution >= 0.6 is 15.9 Å². The number of piperazine rings is 1. The second-order valence-corrected chi connectivity index (χ2v) is 4.91. The molecule has 1 N–H and O–H groups in total. The van der Waals surface area contributed by atoms with Crippen molar-refractivity contribution >= 4 is 33.4 Å². The summed E-state index contributed by atoms with van der Waals surface area (Å²) >= 11 is 3.46. The molecule has 2 amide bonds. The summed E-state index contributed by atoms with van der Waals surface area (Å²) in [4.78, 5) is 25.0. The number of benzene rings is 1. The highest BCUT2D eigenvalue weighted by Gasteiger charge is 2.31. The molecule has 0 bridgehead atoms. The van der Waals surface area contributed by atoms with Crippen molar-refractivity contribution in [1.29, 1.82) is 0 Å². The van der Waals surface area contributed by atoms with E-state index in [0.717, 1.165) is 15.7 Å². The molecule has 0 saturated carbocycles. The molecule has 5 heteroatoms. The van der Waals surface area contributed by atoms with Gasteiger partial charge in [0.15, 0.2) is 0 Å². The van der Waals surface area contributed by atoms with Crippen molar-refractivity contribution in [3.05, 3.63) is 28.2 Å². The summed E-state index contributed by atoms with van der Waals surface area (Å²) in [6.07, 6.45) is 0. The number of carbonyl (C=O) groups is 2. The number of nitrogens with one attached hydrogen (secondary N) is 1. The Morgan fingerprint density at radius 2 is 2.12 bits per heavy atom. The molecule has 1 saturated heterocycles. The van der Waals surface area contributed by atoms with Crippen LogP contribution in [0.5, 0.6) is 0 Å². The molecule has 1 fully saturated rings. The minimum Gasteiger partial charge on any atom is -0.343 e. The number of nitrogens with zero attached hydrogens (tertiary/aromatic N) is 1. The summed E-state index contributed by atoms with van der Waals surface area (Å²) in [5, 5.41) is 2.62. The number of carbonyl (C=O) groups excluding carboxylic acids is 2. The summed E-state index contributed by atoms with van der Waals surface area (Å²) in [5.41, 5.74) is 1.78. The molecule has 1 aliphatic rings. The van der Waals surface area contributed by atoms with Crippen LogP contribution in [0, 0.1) is 6.92 Å². The zero-order valence-electron chi connectivity index (χ0n) is 9.66. The molecule has 0 spiro atoms. The van der Waals surface area contributed by atoms with Crippen LogP contribution in [0.3, 0.4) is 0 Å². The van der Waals surface area contributed by atoms with E-state index >= 15 is 0 Å². The molecule has 0 aliphatic carbocycles. The second kappa shape index (κ2) is 4.49. The van der Waals surface area contributed by atoms with Gasteiger partial charge in [0, 0.05) is 4.47 Å². The summed E-state index contributed by atoms with van der Waals surface area (Å²) in [7, 11) is 0. The van der Waals surface area contributed by atoms with E-state index in [9.17, 15) is 9.59 Å². The number of hydrogen-bond donors (Lipinski definition) is 1. The SMILES string of the molecule is Cc1cccc(N2CC(=O)NC(C)C2=O)c1Br. The van der Waals surface area contributed by atoms with E-state index in [2.05, 4.69) is 21.2 Å². The Morgan fingerprint density at radius 3 is 2.82 bits per heavy atom. The van der Waals surface area contributed by atoms with Crippen molar-refractivity contribution in [3.8, 4) is 0 Å². The third-order valence-electron chi connectivity index (χ3n) is 2.78. The summed E-state index contributed by atoms with van der Waals surface area (Å²) in [5.74, 6) is -0.221. The zero-order chi connectivity index (χ0) is 12.6. The smallest absolute Gasteiger partial charge is 0.249 e. The molecule has 1 heterocycles. The van der Waals surface area contributed by atoms with E-state index in [0.29, 0.717) is 0 Å². The van der Waals surface area contributed by atoms with E-state index in [1.165, 1.54) is 4.90 Å². The first-order valence-electron chi connectivity index (χ1n) is 5.36. The zero-order valence-corrected chi connectivity index (χ0v) is 11.2. The van der Waals surface area contributed by atoms with Crippen molar-refractivity contribution in [1.82, 2.24) is 5.32 Å². The Labute approximate surface area is 108 Å². The predicted molar refractivity (Wildman–Crippen MR) is 68.8 cm³/mol. The number of anilines is 1. The molecule has 1 aromatic carbocycles. The van der Waals surface area contributed by atoms with Gasteiger partial charge in [-0.15, -0.1) is 0 Å². The van der Waals surface area contributed by atoms with Crippen LogP contribution in [0.2, 0.25) is 0 Å². The van der Waals surface area contributed by atoms with E-state index in [-0.39, 0.29) is 18.4 Å². The van der Waals surface area contributed by atoms with Crippen molar-refractivity contribution in [2.45, 2.75) is 19.9 Å². The van der Waals surface area contributed by atoms with Gasteiger partial charge < -0.3 is 10.2 Å². The van der Waals surface area contributed by atoms with Gasteiger partial charge in [-0.1, -0.05) is 12.1 Å². The summed E-state index contributed by atoms with van der Waals surface area (Å²) in [6.45, 7) is 3.72. The molecule has 90 valence electrons. The van der Waals surface area contributed by atoms with Gasteiger partial charge in [-0.25, -0.2) is 0 Å². The number of aryl methyl sites for hydroxylation is 1. The fourth-order valence-electron chi connectivity index (χ4n) is 1.85. The molecule has 0 aromatic heterocycles. The largest absolute Gasteiger partial charge is 0.343 e.